The van der Waals surface area contributed by atoms with Crippen molar-refractivity contribution in [3.63, 3.8) is 0 Å². The van der Waals surface area contributed by atoms with Gasteiger partial charge in [-0.25, -0.2) is 4.79 Å². The molecule has 0 bridgehead atoms. The normalized spacial score (nSPS) is 12.3. The van der Waals surface area contributed by atoms with Gasteiger partial charge in [-0.05, 0) is 39.8 Å². The van der Waals surface area contributed by atoms with Gasteiger partial charge in [-0.1, -0.05) is 78.1 Å². The van der Waals surface area contributed by atoms with Crippen molar-refractivity contribution in [3.05, 3.63) is 0 Å². The van der Waals surface area contributed by atoms with E-state index in [0.29, 0.717) is 6.61 Å². The van der Waals surface area contributed by atoms with Crippen LogP contribution in [0, 0.1) is 0 Å². The summed E-state index contributed by atoms with van der Waals surface area (Å²) in [4.78, 5) is 13.9. The van der Waals surface area contributed by atoms with E-state index >= 15 is 0 Å². The van der Waals surface area contributed by atoms with Crippen molar-refractivity contribution in [2.45, 2.75) is 110 Å². The van der Waals surface area contributed by atoms with Crippen LogP contribution in [0.2, 0.25) is 0 Å². The fraction of sp³-hybridized carbons (Fsp3) is 0.955. The van der Waals surface area contributed by atoms with Gasteiger partial charge in [0.1, 0.15) is 6.10 Å². The molecule has 156 valence electrons. The monoisotopic (exact) mass is 371 g/mol. The molecule has 0 spiro atoms. The lowest BCUT2D eigenvalue weighted by atomic mass is 10.0. The average molecular weight is 372 g/mol. The van der Waals surface area contributed by atoms with Crippen molar-refractivity contribution in [2.24, 2.45) is 0 Å². The van der Waals surface area contributed by atoms with E-state index in [-0.39, 0.29) is 6.10 Å². The molecule has 1 unspecified atom stereocenters. The summed E-state index contributed by atoms with van der Waals surface area (Å²) >= 11 is 0. The van der Waals surface area contributed by atoms with E-state index in [0.717, 1.165) is 38.6 Å². The Labute approximate surface area is 163 Å². The number of rotatable bonds is 18. The Balaban J connectivity index is 3.64. The smallest absolute Gasteiger partial charge is 0.434 e. The molecule has 0 aromatic heterocycles. The SMILES string of the molecule is CCCCCCCCCCCCC(CCC)OC(=O)OCCCN(C)C. The first kappa shape index (κ1) is 25.2. The quantitative estimate of drug-likeness (QED) is 0.202. The predicted octanol–water partition coefficient (Wildman–Crippen LogP) is 6.57. The Bertz CT molecular complexity index is 308. The molecule has 0 aromatic carbocycles. The molecule has 0 radical (unpaired) electrons. The molecule has 0 aromatic rings. The number of nitrogens with zero attached hydrogens (tertiary/aromatic N) is 1. The summed E-state index contributed by atoms with van der Waals surface area (Å²) in [6.07, 6.45) is 16.6. The maximum atomic E-state index is 11.8. The Kier molecular flexibility index (Phi) is 18.4. The summed E-state index contributed by atoms with van der Waals surface area (Å²) in [5, 5.41) is 0. The minimum absolute atomic E-state index is 0.0235. The number of hydrogen-bond acceptors (Lipinski definition) is 4. The number of ether oxygens (including phenoxy) is 2. The second-order valence-corrected chi connectivity index (χ2v) is 7.75. The average Bonchev–Trinajstić information content (AvgIpc) is 2.60. The minimum atomic E-state index is -0.491. The van der Waals surface area contributed by atoms with Crippen LogP contribution in [0.15, 0.2) is 0 Å². The first-order valence-corrected chi connectivity index (χ1v) is 11.1. The van der Waals surface area contributed by atoms with E-state index < -0.39 is 6.16 Å². The van der Waals surface area contributed by atoms with E-state index in [1.165, 1.54) is 57.8 Å². The third kappa shape index (κ3) is 18.0. The molecule has 0 fully saturated rings. The minimum Gasteiger partial charge on any atom is -0.434 e. The molecule has 0 N–H and O–H groups in total. The molecule has 0 aliphatic carbocycles. The molecule has 0 heterocycles. The largest absolute Gasteiger partial charge is 0.508 e. The van der Waals surface area contributed by atoms with Crippen LogP contribution >= 0.6 is 0 Å². The Hall–Kier alpha value is -0.770. The molecule has 0 aliphatic rings. The number of unbranched alkanes of at least 4 members (excludes halogenated alkanes) is 9. The maximum Gasteiger partial charge on any atom is 0.508 e. The van der Waals surface area contributed by atoms with Gasteiger partial charge in [0.2, 0.25) is 0 Å². The Morgan fingerprint density at radius 1 is 0.769 bits per heavy atom. The molecule has 1 atom stereocenters. The highest BCUT2D eigenvalue weighted by Crippen LogP contribution is 2.15. The zero-order valence-electron chi connectivity index (χ0n) is 18.1. The second-order valence-electron chi connectivity index (χ2n) is 7.75. The first-order valence-electron chi connectivity index (χ1n) is 11.1. The highest BCUT2D eigenvalue weighted by Gasteiger charge is 2.14. The maximum absolute atomic E-state index is 11.8. The van der Waals surface area contributed by atoms with E-state index in [4.69, 9.17) is 9.47 Å². The third-order valence-electron chi connectivity index (χ3n) is 4.72. The molecule has 4 nitrogen and oxygen atoms in total. The van der Waals surface area contributed by atoms with E-state index in [1.54, 1.807) is 0 Å². The molecule has 4 heteroatoms. The van der Waals surface area contributed by atoms with Crippen LogP contribution in [-0.4, -0.2) is 44.4 Å². The zero-order chi connectivity index (χ0) is 19.5. The van der Waals surface area contributed by atoms with Gasteiger partial charge in [-0.15, -0.1) is 0 Å². The highest BCUT2D eigenvalue weighted by atomic mass is 16.7. The fourth-order valence-corrected chi connectivity index (χ4v) is 3.15. The van der Waals surface area contributed by atoms with Crippen LogP contribution in [0.4, 0.5) is 4.79 Å². The van der Waals surface area contributed by atoms with Crippen LogP contribution in [0.3, 0.4) is 0 Å². The molecule has 0 saturated heterocycles. The second kappa shape index (κ2) is 19.0. The van der Waals surface area contributed by atoms with Crippen LogP contribution in [-0.2, 0) is 9.47 Å². The third-order valence-corrected chi connectivity index (χ3v) is 4.72. The topological polar surface area (TPSA) is 38.8 Å². The lowest BCUT2D eigenvalue weighted by Crippen LogP contribution is -2.21. The van der Waals surface area contributed by atoms with Crippen LogP contribution < -0.4 is 0 Å². The Morgan fingerprint density at radius 2 is 1.35 bits per heavy atom. The standard InChI is InChI=1S/C22H45NO3/c1-5-7-8-9-10-11-12-13-14-15-18-21(17-6-2)26-22(24)25-20-16-19-23(3)4/h21H,5-20H2,1-4H3. The van der Waals surface area contributed by atoms with Crippen LogP contribution in [0.25, 0.3) is 0 Å². The van der Waals surface area contributed by atoms with Crippen molar-refractivity contribution < 1.29 is 14.3 Å². The summed E-state index contributed by atoms with van der Waals surface area (Å²) in [7, 11) is 4.03. The summed E-state index contributed by atoms with van der Waals surface area (Å²) in [6, 6.07) is 0. The molecule has 0 saturated carbocycles. The lowest BCUT2D eigenvalue weighted by Gasteiger charge is -2.17. The van der Waals surface area contributed by atoms with Gasteiger partial charge in [0, 0.05) is 6.54 Å². The number of carbonyl (C=O) groups is 1. The molecule has 26 heavy (non-hydrogen) atoms. The fourth-order valence-electron chi connectivity index (χ4n) is 3.15. The van der Waals surface area contributed by atoms with Crippen molar-refractivity contribution >= 4 is 6.16 Å². The molecule has 0 rings (SSSR count). The van der Waals surface area contributed by atoms with Gasteiger partial charge < -0.3 is 14.4 Å². The van der Waals surface area contributed by atoms with Gasteiger partial charge in [-0.3, -0.25) is 0 Å². The van der Waals surface area contributed by atoms with E-state index in [1.807, 2.05) is 14.1 Å². The van der Waals surface area contributed by atoms with Gasteiger partial charge >= 0.3 is 6.16 Å². The predicted molar refractivity (Wildman–Crippen MR) is 111 cm³/mol. The number of carbonyl (C=O) groups excluding carboxylic acids is 1. The summed E-state index contributed by atoms with van der Waals surface area (Å²) < 4.78 is 10.7. The summed E-state index contributed by atoms with van der Waals surface area (Å²) in [5.74, 6) is 0. The van der Waals surface area contributed by atoms with Crippen LogP contribution in [0.5, 0.6) is 0 Å². The van der Waals surface area contributed by atoms with E-state index in [2.05, 4.69) is 18.7 Å². The molecule has 0 aliphatic heterocycles. The molecular weight excluding hydrogens is 326 g/mol. The zero-order valence-corrected chi connectivity index (χ0v) is 18.1. The van der Waals surface area contributed by atoms with E-state index in [9.17, 15) is 4.79 Å². The first-order chi connectivity index (χ1) is 12.6. The molecule has 0 amide bonds. The van der Waals surface area contributed by atoms with Crippen molar-refractivity contribution in [1.29, 1.82) is 0 Å². The Morgan fingerprint density at radius 3 is 1.88 bits per heavy atom. The van der Waals surface area contributed by atoms with Gasteiger partial charge in [0.05, 0.1) is 6.61 Å². The van der Waals surface area contributed by atoms with Crippen molar-refractivity contribution in [1.82, 2.24) is 4.90 Å². The lowest BCUT2D eigenvalue weighted by molar-refractivity contribution is 0.0156. The van der Waals surface area contributed by atoms with Gasteiger partial charge in [0.25, 0.3) is 0 Å². The van der Waals surface area contributed by atoms with Crippen LogP contribution in [0.1, 0.15) is 104 Å². The highest BCUT2D eigenvalue weighted by molar-refractivity contribution is 5.60. The molecular formula is C22H45NO3. The van der Waals surface area contributed by atoms with Crippen molar-refractivity contribution in [3.8, 4) is 0 Å². The van der Waals surface area contributed by atoms with Crippen molar-refractivity contribution in [2.75, 3.05) is 27.2 Å². The summed E-state index contributed by atoms with van der Waals surface area (Å²) in [6.45, 7) is 5.76. The summed E-state index contributed by atoms with van der Waals surface area (Å²) in [5.41, 5.74) is 0. The van der Waals surface area contributed by atoms with Gasteiger partial charge in [-0.2, -0.15) is 0 Å². The number of hydrogen-bond donors (Lipinski definition) is 0. The van der Waals surface area contributed by atoms with Gasteiger partial charge in [0.15, 0.2) is 0 Å².